The first kappa shape index (κ1) is 57.3. The van der Waals surface area contributed by atoms with Crippen molar-refractivity contribution in [2.24, 2.45) is 11.3 Å². The van der Waals surface area contributed by atoms with Crippen LogP contribution in [0, 0.1) is 41.1 Å². The van der Waals surface area contributed by atoms with E-state index in [4.69, 9.17) is 21.1 Å². The van der Waals surface area contributed by atoms with Crippen LogP contribution in [0.4, 0.5) is 24.7 Å². The van der Waals surface area contributed by atoms with Crippen LogP contribution >= 0.6 is 0 Å². The van der Waals surface area contributed by atoms with E-state index in [1.807, 2.05) is 32.6 Å². The van der Waals surface area contributed by atoms with Crippen molar-refractivity contribution in [3.63, 3.8) is 0 Å². The molecule has 4 saturated heterocycles. The van der Waals surface area contributed by atoms with Gasteiger partial charge in [-0.05, 0) is 99.7 Å². The molecule has 3 N–H and O–H groups in total. The van der Waals surface area contributed by atoms with Gasteiger partial charge in [-0.1, -0.05) is 39.7 Å². The number of nitrogens with zero attached hydrogens (tertiary/aromatic N) is 8. The molecule has 10 rings (SSSR count). The van der Waals surface area contributed by atoms with Crippen molar-refractivity contribution >= 4 is 57.6 Å². The number of hydrogen-bond donors (Lipinski definition) is 3. The van der Waals surface area contributed by atoms with Crippen molar-refractivity contribution < 1.29 is 42.2 Å². The second-order valence-corrected chi connectivity index (χ2v) is 20.8. The fraction of sp³-hybridized carbons (Fsp3) is 0.508. The summed E-state index contributed by atoms with van der Waals surface area (Å²) < 4.78 is 54.4. The van der Waals surface area contributed by atoms with Crippen LogP contribution in [0.25, 0.3) is 32.9 Å². The number of anilines is 2. The van der Waals surface area contributed by atoms with Gasteiger partial charge in [0.15, 0.2) is 12.1 Å². The number of halogens is 3. The molecule has 5 aliphatic rings. The Hall–Kier alpha value is -6.88. The Morgan fingerprint density at radius 3 is 2.28 bits per heavy atom. The highest BCUT2D eigenvalue weighted by atomic mass is 19.1. The number of ether oxygens (including phenoxy) is 1. The van der Waals surface area contributed by atoms with Crippen LogP contribution in [-0.2, 0) is 9.59 Å². The lowest BCUT2D eigenvalue weighted by molar-refractivity contribution is -0.121. The van der Waals surface area contributed by atoms with E-state index in [0.29, 0.717) is 81.0 Å². The van der Waals surface area contributed by atoms with Gasteiger partial charge < -0.3 is 44.9 Å². The standard InChI is InChI=1S/C55H61F3N10O6.2C2H6/c1-4-40-44(56)9-5-34-21-39(71)23-42(48(34)40)50-49(58)51-43(25-60-50)52(68-27-36-6-7-37(28-68)61-36)63-54(62-51)74-32-55(13-14-55)31-66-15-11-33(12-16-66)26-65-17-19-67(20-18-65)46-22-35(29-69)41(24-45(46)57)53(73)64(3)38(30-70)8-10-47(72)59-2;2*1-2/h1,5,9,21-25,29-30,33,36-38,61,71H,6-8,10-20,26-28,31-32H2,2-3H3,(H,59,72);2*1-2H3. The summed E-state index contributed by atoms with van der Waals surface area (Å²) in [4.78, 5) is 73.4. The van der Waals surface area contributed by atoms with E-state index < -0.39 is 29.4 Å². The number of piperazine rings is 2. The van der Waals surface area contributed by atoms with E-state index in [1.165, 1.54) is 44.4 Å². The first-order valence-corrected chi connectivity index (χ1v) is 27.6. The van der Waals surface area contributed by atoms with Gasteiger partial charge in [-0.15, -0.1) is 6.42 Å². The van der Waals surface area contributed by atoms with E-state index in [1.54, 1.807) is 6.20 Å². The number of hydrogen-bond acceptors (Lipinski definition) is 14. The minimum absolute atomic E-state index is 0.0121. The van der Waals surface area contributed by atoms with Crippen LogP contribution in [0.3, 0.4) is 0 Å². The number of terminal acetylenes is 1. The average Bonchev–Trinajstić information content (AvgIpc) is 4.27. The Kier molecular flexibility index (Phi) is 18.6. The zero-order chi connectivity index (χ0) is 55.8. The van der Waals surface area contributed by atoms with Crippen LogP contribution in [0.5, 0.6) is 11.8 Å². The summed E-state index contributed by atoms with van der Waals surface area (Å²) in [6.07, 6.45) is 14.6. The third-order valence-electron chi connectivity index (χ3n) is 16.0. The van der Waals surface area contributed by atoms with Crippen LogP contribution in [0.2, 0.25) is 0 Å². The number of benzene rings is 3. The third kappa shape index (κ3) is 12.4. The molecule has 5 fully saturated rings. The number of fused-ring (bicyclic) bond motifs is 4. The molecule has 0 radical (unpaired) electrons. The van der Waals surface area contributed by atoms with Crippen LogP contribution in [-0.4, -0.2) is 163 Å². The van der Waals surface area contributed by atoms with Crippen molar-refractivity contribution in [3.05, 3.63) is 76.7 Å². The van der Waals surface area contributed by atoms with Gasteiger partial charge in [0, 0.05) is 113 Å². The number of carbonyl (C=O) groups excluding carboxylic acids is 4. The normalized spacial score (nSPS) is 19.4. The maximum atomic E-state index is 17.1. The number of rotatable bonds is 17. The average molecular weight is 1080 g/mol. The molecule has 2 amide bonds. The van der Waals surface area contributed by atoms with Gasteiger partial charge in [-0.2, -0.15) is 9.97 Å². The summed E-state index contributed by atoms with van der Waals surface area (Å²) in [6, 6.07) is 7.67. The minimum atomic E-state index is -0.923. The Bertz CT molecular complexity index is 3030. The number of phenols is 1. The maximum absolute atomic E-state index is 17.1. The fourth-order valence-electron chi connectivity index (χ4n) is 11.5. The van der Waals surface area contributed by atoms with E-state index in [9.17, 15) is 24.3 Å². The summed E-state index contributed by atoms with van der Waals surface area (Å²) >= 11 is 0. The molecule has 2 aromatic heterocycles. The topological polar surface area (TPSA) is 177 Å². The van der Waals surface area contributed by atoms with E-state index in [2.05, 4.69) is 36.2 Å². The summed E-state index contributed by atoms with van der Waals surface area (Å²) in [5, 5.41) is 18.0. The zero-order valence-corrected chi connectivity index (χ0v) is 45.7. The molecule has 3 aromatic carbocycles. The summed E-state index contributed by atoms with van der Waals surface area (Å²) in [5.41, 5.74) is 0.0121. The Balaban J connectivity index is 0.00000196. The van der Waals surface area contributed by atoms with Crippen molar-refractivity contribution in [1.82, 2.24) is 40.3 Å². The Morgan fingerprint density at radius 1 is 0.936 bits per heavy atom. The van der Waals surface area contributed by atoms with Crippen molar-refractivity contribution in [3.8, 4) is 35.4 Å². The smallest absolute Gasteiger partial charge is 0.319 e. The molecule has 3 atom stereocenters. The molecule has 1 saturated carbocycles. The van der Waals surface area contributed by atoms with Gasteiger partial charge in [0.1, 0.15) is 40.7 Å². The van der Waals surface area contributed by atoms with Crippen molar-refractivity contribution in [1.29, 1.82) is 0 Å². The molecule has 1 aliphatic carbocycles. The monoisotopic (exact) mass is 1070 g/mol. The number of carbonyl (C=O) groups is 4. The number of pyridine rings is 1. The first-order chi connectivity index (χ1) is 37.8. The second-order valence-electron chi connectivity index (χ2n) is 20.8. The third-order valence-corrected chi connectivity index (χ3v) is 16.0. The molecule has 0 spiro atoms. The number of aldehydes is 2. The van der Waals surface area contributed by atoms with E-state index >= 15 is 13.2 Å². The quantitative estimate of drug-likeness (QED) is 0.0613. The van der Waals surface area contributed by atoms with Crippen molar-refractivity contribution in [2.75, 3.05) is 95.9 Å². The number of amides is 2. The fourth-order valence-corrected chi connectivity index (χ4v) is 11.5. The molecule has 4 aliphatic heterocycles. The second kappa shape index (κ2) is 25.3. The first-order valence-electron chi connectivity index (χ1n) is 27.6. The van der Waals surface area contributed by atoms with Gasteiger partial charge in [0.25, 0.3) is 5.91 Å². The lowest BCUT2D eigenvalue weighted by Gasteiger charge is -2.40. The molecule has 5 aromatic rings. The number of likely N-dealkylation sites (tertiary alicyclic amines) is 1. The molecule has 19 heteroatoms. The summed E-state index contributed by atoms with van der Waals surface area (Å²) in [6.45, 7) is 15.9. The number of piperidine rings is 1. The molecule has 16 nitrogen and oxygen atoms in total. The number of likely N-dealkylation sites (N-methyl/N-ethyl adjacent to an activating group) is 1. The molecule has 416 valence electrons. The largest absolute Gasteiger partial charge is 0.508 e. The number of aromatic hydroxyl groups is 1. The van der Waals surface area contributed by atoms with Gasteiger partial charge in [-0.25, -0.2) is 13.2 Å². The predicted molar refractivity (Wildman–Crippen MR) is 297 cm³/mol. The maximum Gasteiger partial charge on any atom is 0.319 e. The molecular formula is C59H73F3N10O6. The number of aromatic nitrogens is 3. The lowest BCUT2D eigenvalue weighted by Crippen LogP contribution is -2.51. The van der Waals surface area contributed by atoms with Gasteiger partial charge in [0.05, 0.1) is 34.8 Å². The van der Waals surface area contributed by atoms with Gasteiger partial charge in [-0.3, -0.25) is 24.3 Å². The van der Waals surface area contributed by atoms with E-state index in [-0.39, 0.29) is 92.5 Å². The zero-order valence-electron chi connectivity index (χ0n) is 45.7. The molecule has 3 unspecified atom stereocenters. The molecule has 2 bridgehead atoms. The van der Waals surface area contributed by atoms with Crippen LogP contribution < -0.4 is 25.2 Å². The molecule has 78 heavy (non-hydrogen) atoms. The Morgan fingerprint density at radius 2 is 1.64 bits per heavy atom. The Labute approximate surface area is 455 Å². The lowest BCUT2D eigenvalue weighted by atomic mass is 9.94. The molecular weight excluding hydrogens is 1000 g/mol. The summed E-state index contributed by atoms with van der Waals surface area (Å²) in [5.74, 6) is 0.293. The van der Waals surface area contributed by atoms with Gasteiger partial charge >= 0.3 is 6.01 Å². The number of nitrogens with one attached hydrogen (secondary N) is 2. The van der Waals surface area contributed by atoms with Crippen molar-refractivity contribution in [2.45, 2.75) is 97.2 Å². The van der Waals surface area contributed by atoms with Crippen LogP contribution in [0.15, 0.2) is 42.6 Å². The highest BCUT2D eigenvalue weighted by Crippen LogP contribution is 2.47. The predicted octanol–water partition coefficient (Wildman–Crippen LogP) is 7.61. The highest BCUT2D eigenvalue weighted by Gasteiger charge is 2.46. The van der Waals surface area contributed by atoms with Crippen LogP contribution in [0.1, 0.15) is 105 Å². The minimum Gasteiger partial charge on any atom is -0.508 e. The number of phenolic OH excluding ortho intramolecular Hbond substituents is 1. The molecule has 6 heterocycles. The summed E-state index contributed by atoms with van der Waals surface area (Å²) in [7, 11) is 2.88. The van der Waals surface area contributed by atoms with Gasteiger partial charge in [0.2, 0.25) is 5.91 Å². The SMILES string of the molecule is C#Cc1c(F)ccc2cc(O)cc(-c3ncc4c(N5CC6CCC(C5)N6)nc(OCC5(CN6CCC(CN7CCN(c8cc(C=O)c(C(=O)N(C)C(C=O)CCC(=O)NC)cc8F)CC7)CC6)CC5)nc4c3F)c12.CC.CC. The van der Waals surface area contributed by atoms with E-state index in [0.717, 1.165) is 75.7 Å². The highest BCUT2D eigenvalue weighted by molar-refractivity contribution is 6.04.